The highest BCUT2D eigenvalue weighted by molar-refractivity contribution is 6.29. The maximum Gasteiger partial charge on any atom is 0.340 e. The zero-order valence-electron chi connectivity index (χ0n) is 15.9. The SMILES string of the molecule is COc1ccc(C)cc1NC(=O)C(OC(=O)c1ccc(Cl)nc1)c1ccccc1. The second-order valence-corrected chi connectivity index (χ2v) is 6.65. The molecule has 1 heterocycles. The number of nitrogens with one attached hydrogen (secondary N) is 1. The quantitative estimate of drug-likeness (QED) is 0.475. The predicted molar refractivity (Wildman–Crippen MR) is 110 cm³/mol. The molecule has 3 rings (SSSR count). The van der Waals surface area contributed by atoms with E-state index in [1.54, 1.807) is 36.4 Å². The van der Waals surface area contributed by atoms with Crippen LogP contribution in [0, 0.1) is 6.92 Å². The molecule has 0 aliphatic rings. The standard InChI is InChI=1S/C22H19ClN2O4/c1-14-8-10-18(28-2)17(12-14)25-21(26)20(15-6-4-3-5-7-15)29-22(27)16-9-11-19(23)24-13-16/h3-13,20H,1-2H3,(H,25,26). The number of aromatic nitrogens is 1. The first-order valence-corrected chi connectivity index (χ1v) is 9.18. The Bertz CT molecular complexity index is 1010. The van der Waals surface area contributed by atoms with Gasteiger partial charge in [-0.15, -0.1) is 0 Å². The number of carbonyl (C=O) groups excluding carboxylic acids is 2. The molecule has 0 fully saturated rings. The van der Waals surface area contributed by atoms with Crippen LogP contribution in [0.1, 0.15) is 27.6 Å². The number of methoxy groups -OCH3 is 1. The minimum absolute atomic E-state index is 0.191. The van der Waals surface area contributed by atoms with E-state index in [1.165, 1.54) is 25.4 Å². The number of hydrogen-bond acceptors (Lipinski definition) is 5. The molecule has 3 aromatic rings. The minimum Gasteiger partial charge on any atom is -0.495 e. The first-order chi connectivity index (χ1) is 14.0. The molecule has 1 unspecified atom stereocenters. The van der Waals surface area contributed by atoms with Gasteiger partial charge in [-0.1, -0.05) is 48.0 Å². The summed E-state index contributed by atoms with van der Waals surface area (Å²) in [5, 5.41) is 3.04. The molecule has 29 heavy (non-hydrogen) atoms. The van der Waals surface area contributed by atoms with E-state index in [1.807, 2.05) is 19.1 Å². The molecular weight excluding hydrogens is 392 g/mol. The molecular formula is C22H19ClN2O4. The molecule has 0 bridgehead atoms. The highest BCUT2D eigenvalue weighted by atomic mass is 35.5. The van der Waals surface area contributed by atoms with Crippen LogP contribution in [0.4, 0.5) is 5.69 Å². The summed E-state index contributed by atoms with van der Waals surface area (Å²) >= 11 is 5.76. The maximum atomic E-state index is 13.0. The molecule has 0 radical (unpaired) electrons. The number of esters is 1. The summed E-state index contributed by atoms with van der Waals surface area (Å²) in [5.74, 6) is -0.686. The van der Waals surface area contributed by atoms with Crippen molar-refractivity contribution >= 4 is 29.2 Å². The number of amides is 1. The van der Waals surface area contributed by atoms with E-state index in [2.05, 4.69) is 10.3 Å². The maximum absolute atomic E-state index is 13.0. The first kappa shape index (κ1) is 20.4. The van der Waals surface area contributed by atoms with Gasteiger partial charge >= 0.3 is 5.97 Å². The van der Waals surface area contributed by atoms with Gasteiger partial charge in [0.1, 0.15) is 10.9 Å². The zero-order chi connectivity index (χ0) is 20.8. The van der Waals surface area contributed by atoms with Gasteiger partial charge in [-0.2, -0.15) is 0 Å². The molecule has 148 valence electrons. The van der Waals surface area contributed by atoms with Crippen molar-refractivity contribution in [1.29, 1.82) is 0 Å². The Morgan fingerprint density at radius 2 is 1.83 bits per heavy atom. The van der Waals surface area contributed by atoms with Crippen LogP contribution >= 0.6 is 11.6 Å². The average Bonchev–Trinajstić information content (AvgIpc) is 2.73. The Hall–Kier alpha value is -3.38. The second-order valence-electron chi connectivity index (χ2n) is 6.26. The van der Waals surface area contributed by atoms with Crippen LogP contribution in [0.5, 0.6) is 5.75 Å². The van der Waals surface area contributed by atoms with Crippen molar-refractivity contribution in [1.82, 2.24) is 4.98 Å². The van der Waals surface area contributed by atoms with Crippen LogP contribution in [0.2, 0.25) is 5.15 Å². The fourth-order valence-electron chi connectivity index (χ4n) is 2.69. The summed E-state index contributed by atoms with van der Waals surface area (Å²) in [4.78, 5) is 29.5. The van der Waals surface area contributed by atoms with Crippen LogP contribution in [0.3, 0.4) is 0 Å². The second kappa shape index (κ2) is 9.21. The van der Waals surface area contributed by atoms with Crippen molar-refractivity contribution in [3.8, 4) is 5.75 Å². The lowest BCUT2D eigenvalue weighted by Crippen LogP contribution is -2.26. The van der Waals surface area contributed by atoms with E-state index in [-0.39, 0.29) is 10.7 Å². The zero-order valence-corrected chi connectivity index (χ0v) is 16.6. The largest absolute Gasteiger partial charge is 0.495 e. The molecule has 7 heteroatoms. The fraction of sp³-hybridized carbons (Fsp3) is 0.136. The number of benzene rings is 2. The van der Waals surface area contributed by atoms with E-state index < -0.39 is 18.0 Å². The summed E-state index contributed by atoms with van der Waals surface area (Å²) in [5.41, 5.74) is 2.16. The van der Waals surface area contributed by atoms with Gasteiger partial charge < -0.3 is 14.8 Å². The number of aryl methyl sites for hydroxylation is 1. The third-order valence-corrected chi connectivity index (χ3v) is 4.36. The lowest BCUT2D eigenvalue weighted by atomic mass is 10.1. The van der Waals surface area contributed by atoms with Crippen LogP contribution in [-0.4, -0.2) is 24.0 Å². The van der Waals surface area contributed by atoms with Crippen LogP contribution < -0.4 is 10.1 Å². The van der Waals surface area contributed by atoms with Crippen molar-refractivity contribution in [3.63, 3.8) is 0 Å². The van der Waals surface area contributed by atoms with Crippen molar-refractivity contribution in [3.05, 3.63) is 88.7 Å². The Morgan fingerprint density at radius 3 is 2.48 bits per heavy atom. The van der Waals surface area contributed by atoms with E-state index in [9.17, 15) is 9.59 Å². The molecule has 1 N–H and O–H groups in total. The molecule has 1 aromatic heterocycles. The molecule has 0 saturated heterocycles. The number of rotatable bonds is 6. The average molecular weight is 411 g/mol. The smallest absolute Gasteiger partial charge is 0.340 e. The summed E-state index contributed by atoms with van der Waals surface area (Å²) in [6, 6.07) is 17.1. The van der Waals surface area contributed by atoms with Gasteiger partial charge in [0.05, 0.1) is 18.4 Å². The van der Waals surface area contributed by atoms with Crippen molar-refractivity contribution < 1.29 is 19.1 Å². The molecule has 6 nitrogen and oxygen atoms in total. The first-order valence-electron chi connectivity index (χ1n) is 8.81. The highest BCUT2D eigenvalue weighted by Crippen LogP contribution is 2.28. The van der Waals surface area contributed by atoms with Gasteiger partial charge in [-0.25, -0.2) is 9.78 Å². The van der Waals surface area contributed by atoms with E-state index in [0.29, 0.717) is 17.0 Å². The van der Waals surface area contributed by atoms with Crippen molar-refractivity contribution in [2.24, 2.45) is 0 Å². The number of carbonyl (C=O) groups is 2. The lowest BCUT2D eigenvalue weighted by molar-refractivity contribution is -0.125. The normalized spacial score (nSPS) is 11.4. The molecule has 2 aromatic carbocycles. The lowest BCUT2D eigenvalue weighted by Gasteiger charge is -2.19. The van der Waals surface area contributed by atoms with Crippen molar-refractivity contribution in [2.45, 2.75) is 13.0 Å². The van der Waals surface area contributed by atoms with Gasteiger partial charge in [0.15, 0.2) is 0 Å². The summed E-state index contributed by atoms with van der Waals surface area (Å²) < 4.78 is 10.8. The Labute approximate surface area is 173 Å². The summed E-state index contributed by atoms with van der Waals surface area (Å²) in [6.45, 7) is 1.90. The Balaban J connectivity index is 1.88. The van der Waals surface area contributed by atoms with Gasteiger partial charge in [-0.3, -0.25) is 4.79 Å². The number of halogens is 1. The molecule has 0 saturated carbocycles. The van der Waals surface area contributed by atoms with Gasteiger partial charge in [0.25, 0.3) is 5.91 Å². The number of ether oxygens (including phenoxy) is 2. The fourth-order valence-corrected chi connectivity index (χ4v) is 2.80. The van der Waals surface area contributed by atoms with Gasteiger partial charge in [0.2, 0.25) is 6.10 Å². The number of nitrogens with zero attached hydrogens (tertiary/aromatic N) is 1. The minimum atomic E-state index is -1.16. The van der Waals surface area contributed by atoms with Gasteiger partial charge in [0, 0.05) is 11.8 Å². The third-order valence-electron chi connectivity index (χ3n) is 4.14. The highest BCUT2D eigenvalue weighted by Gasteiger charge is 2.26. The topological polar surface area (TPSA) is 77.5 Å². The summed E-state index contributed by atoms with van der Waals surface area (Å²) in [6.07, 6.45) is 0.137. The molecule has 1 amide bonds. The monoisotopic (exact) mass is 410 g/mol. The van der Waals surface area contributed by atoms with Crippen LogP contribution in [-0.2, 0) is 9.53 Å². The predicted octanol–water partition coefficient (Wildman–Crippen LogP) is 4.59. The van der Waals surface area contributed by atoms with Gasteiger partial charge in [-0.05, 0) is 36.8 Å². The number of anilines is 1. The number of pyridine rings is 1. The molecule has 0 aliphatic heterocycles. The van der Waals surface area contributed by atoms with E-state index in [4.69, 9.17) is 21.1 Å². The Kier molecular flexibility index (Phi) is 6.46. The molecule has 1 atom stereocenters. The van der Waals surface area contributed by atoms with Crippen LogP contribution in [0.25, 0.3) is 0 Å². The van der Waals surface area contributed by atoms with Crippen LogP contribution in [0.15, 0.2) is 66.9 Å². The Morgan fingerprint density at radius 1 is 1.07 bits per heavy atom. The van der Waals surface area contributed by atoms with E-state index in [0.717, 1.165) is 5.56 Å². The molecule has 0 spiro atoms. The van der Waals surface area contributed by atoms with E-state index >= 15 is 0 Å². The number of hydrogen-bond donors (Lipinski definition) is 1. The summed E-state index contributed by atoms with van der Waals surface area (Å²) in [7, 11) is 1.52. The van der Waals surface area contributed by atoms with Crippen molar-refractivity contribution in [2.75, 3.05) is 12.4 Å². The molecule has 0 aliphatic carbocycles. The third kappa shape index (κ3) is 5.12.